The molecule has 1 atom stereocenters. The van der Waals surface area contributed by atoms with E-state index in [4.69, 9.17) is 5.11 Å². The minimum atomic E-state index is -0.816. The van der Waals surface area contributed by atoms with Crippen LogP contribution in [0.15, 0.2) is 12.1 Å². The zero-order valence-electron chi connectivity index (χ0n) is 14.9. The van der Waals surface area contributed by atoms with Crippen LogP contribution in [0.2, 0.25) is 0 Å². The van der Waals surface area contributed by atoms with Crippen molar-refractivity contribution < 1.29 is 14.7 Å². The number of fused-ring (bicyclic) bond motifs is 2. The number of carboxylic acid groups (broad SMARTS) is 1. The molecular weight excluding hydrogens is 350 g/mol. The van der Waals surface area contributed by atoms with Crippen LogP contribution < -0.4 is 0 Å². The van der Waals surface area contributed by atoms with Crippen molar-refractivity contribution >= 4 is 23.2 Å². The summed E-state index contributed by atoms with van der Waals surface area (Å²) in [5.41, 5.74) is 3.13. The lowest BCUT2D eigenvalue weighted by atomic mass is 9.90. The average Bonchev–Trinajstić information content (AvgIpc) is 3.21. The minimum absolute atomic E-state index is 0.0816. The fraction of sp³-hybridized carbons (Fsp3) is 0.526. The summed E-state index contributed by atoms with van der Waals surface area (Å²) in [5, 5.41) is 13.3. The van der Waals surface area contributed by atoms with Gasteiger partial charge < -0.3 is 10.0 Å². The number of aryl methyl sites for hydroxylation is 2. The second kappa shape index (κ2) is 6.87. The molecule has 4 rings (SSSR count). The quantitative estimate of drug-likeness (QED) is 0.894. The zero-order chi connectivity index (χ0) is 18.3. The molecule has 1 amide bonds. The van der Waals surface area contributed by atoms with Crippen molar-refractivity contribution in [1.82, 2.24) is 14.7 Å². The van der Waals surface area contributed by atoms with Crippen molar-refractivity contribution in [2.24, 2.45) is 5.92 Å². The van der Waals surface area contributed by atoms with Gasteiger partial charge in [0, 0.05) is 17.8 Å². The Morgan fingerprint density at radius 3 is 3.00 bits per heavy atom. The molecule has 0 aromatic carbocycles. The van der Waals surface area contributed by atoms with Crippen LogP contribution in [0.1, 0.15) is 51.3 Å². The topological polar surface area (TPSA) is 75.4 Å². The molecule has 0 saturated heterocycles. The van der Waals surface area contributed by atoms with Gasteiger partial charge in [-0.1, -0.05) is 6.92 Å². The molecule has 0 bridgehead atoms. The van der Waals surface area contributed by atoms with Gasteiger partial charge in [0.25, 0.3) is 5.91 Å². The highest BCUT2D eigenvalue weighted by Crippen LogP contribution is 2.33. The lowest BCUT2D eigenvalue weighted by molar-refractivity contribution is -0.136. The van der Waals surface area contributed by atoms with Crippen LogP contribution in [0.4, 0.5) is 0 Å². The van der Waals surface area contributed by atoms with Gasteiger partial charge in [-0.05, 0) is 42.9 Å². The number of hydrogen-bond donors (Lipinski definition) is 1. The van der Waals surface area contributed by atoms with Crippen LogP contribution in [-0.4, -0.2) is 38.2 Å². The maximum Gasteiger partial charge on any atom is 0.303 e. The number of hydrogen-bond acceptors (Lipinski definition) is 4. The fourth-order valence-electron chi connectivity index (χ4n) is 3.82. The first-order valence-corrected chi connectivity index (χ1v) is 9.99. The van der Waals surface area contributed by atoms with Crippen LogP contribution in [0.25, 0.3) is 0 Å². The molecule has 7 heteroatoms. The summed E-state index contributed by atoms with van der Waals surface area (Å²) >= 11 is 1.66. The SMILES string of the molecule is C[C@H]1CCc2sc(C(=O)N3CCn4nc(CCC(=O)O)cc4C3)cc2C1. The summed E-state index contributed by atoms with van der Waals surface area (Å²) in [7, 11) is 0. The standard InChI is InChI=1S/C19H23N3O3S/c1-12-2-4-16-13(8-12)9-17(26-16)19(25)21-6-7-22-15(11-21)10-14(20-22)3-5-18(23)24/h9-10,12H,2-8,11H2,1H3,(H,23,24)/t12-/m0/s1. The second-order valence-corrected chi connectivity index (χ2v) is 8.51. The predicted octanol–water partition coefficient (Wildman–Crippen LogP) is 2.74. The van der Waals surface area contributed by atoms with Crippen molar-refractivity contribution in [2.75, 3.05) is 6.54 Å². The predicted molar refractivity (Wildman–Crippen MR) is 98.4 cm³/mol. The van der Waals surface area contributed by atoms with Crippen LogP contribution in [0.3, 0.4) is 0 Å². The number of carbonyl (C=O) groups is 2. The van der Waals surface area contributed by atoms with E-state index in [1.54, 1.807) is 11.3 Å². The second-order valence-electron chi connectivity index (χ2n) is 7.38. The molecule has 138 valence electrons. The summed E-state index contributed by atoms with van der Waals surface area (Å²) in [6.07, 6.45) is 3.90. The van der Waals surface area contributed by atoms with Gasteiger partial charge in [0.15, 0.2) is 0 Å². The molecular formula is C19H23N3O3S. The van der Waals surface area contributed by atoms with Gasteiger partial charge in [0.1, 0.15) is 0 Å². The van der Waals surface area contributed by atoms with Gasteiger partial charge in [-0.25, -0.2) is 0 Å². The first-order valence-electron chi connectivity index (χ1n) is 9.18. The highest BCUT2D eigenvalue weighted by molar-refractivity contribution is 7.14. The molecule has 1 N–H and O–H groups in total. The van der Waals surface area contributed by atoms with Gasteiger partial charge >= 0.3 is 5.97 Å². The van der Waals surface area contributed by atoms with Gasteiger partial charge in [-0.3, -0.25) is 14.3 Å². The van der Waals surface area contributed by atoms with Gasteiger partial charge in [-0.2, -0.15) is 5.10 Å². The molecule has 0 saturated carbocycles. The zero-order valence-corrected chi connectivity index (χ0v) is 15.7. The Balaban J connectivity index is 1.46. The normalized spacial score (nSPS) is 19.1. The molecule has 3 heterocycles. The Kier molecular flexibility index (Phi) is 4.56. The third-order valence-electron chi connectivity index (χ3n) is 5.27. The molecule has 0 unspecified atom stereocenters. The highest BCUT2D eigenvalue weighted by atomic mass is 32.1. The number of carboxylic acids is 1. The van der Waals surface area contributed by atoms with Gasteiger partial charge in [0.05, 0.1) is 35.8 Å². The molecule has 2 aliphatic rings. The molecule has 1 aliphatic heterocycles. The Morgan fingerprint density at radius 1 is 1.35 bits per heavy atom. The third kappa shape index (κ3) is 3.40. The van der Waals surface area contributed by atoms with Gasteiger partial charge in [-0.15, -0.1) is 11.3 Å². The summed E-state index contributed by atoms with van der Waals surface area (Å²) < 4.78 is 1.90. The molecule has 2 aromatic rings. The molecule has 0 radical (unpaired) electrons. The van der Waals surface area contributed by atoms with E-state index in [0.29, 0.717) is 32.0 Å². The molecule has 0 fully saturated rings. The minimum Gasteiger partial charge on any atom is -0.481 e. The highest BCUT2D eigenvalue weighted by Gasteiger charge is 2.26. The third-order valence-corrected chi connectivity index (χ3v) is 6.50. The monoisotopic (exact) mass is 373 g/mol. The number of aliphatic carboxylic acids is 1. The molecule has 0 spiro atoms. The molecule has 26 heavy (non-hydrogen) atoms. The Labute approximate surface area is 156 Å². The summed E-state index contributed by atoms with van der Waals surface area (Å²) in [6.45, 7) is 4.12. The lowest BCUT2D eigenvalue weighted by Crippen LogP contribution is -2.38. The lowest BCUT2D eigenvalue weighted by Gasteiger charge is -2.27. The van der Waals surface area contributed by atoms with Crippen LogP contribution in [0.5, 0.6) is 0 Å². The van der Waals surface area contributed by atoms with Crippen LogP contribution >= 0.6 is 11.3 Å². The van der Waals surface area contributed by atoms with E-state index in [9.17, 15) is 9.59 Å². The smallest absolute Gasteiger partial charge is 0.303 e. The van der Waals surface area contributed by atoms with E-state index in [0.717, 1.165) is 29.1 Å². The van der Waals surface area contributed by atoms with Gasteiger partial charge in [0.2, 0.25) is 0 Å². The maximum absolute atomic E-state index is 13.0. The van der Waals surface area contributed by atoms with Crippen molar-refractivity contribution in [3.8, 4) is 0 Å². The molecule has 1 aliphatic carbocycles. The van der Waals surface area contributed by atoms with E-state index in [1.807, 2.05) is 15.6 Å². The Morgan fingerprint density at radius 2 is 2.19 bits per heavy atom. The summed E-state index contributed by atoms with van der Waals surface area (Å²) in [6, 6.07) is 4.03. The first-order chi connectivity index (χ1) is 12.5. The van der Waals surface area contributed by atoms with E-state index in [-0.39, 0.29) is 12.3 Å². The number of carbonyl (C=O) groups excluding carboxylic acids is 1. The van der Waals surface area contributed by atoms with Crippen LogP contribution in [-0.2, 0) is 37.1 Å². The molecule has 6 nitrogen and oxygen atoms in total. The van der Waals surface area contributed by atoms with E-state index >= 15 is 0 Å². The van der Waals surface area contributed by atoms with E-state index in [2.05, 4.69) is 18.1 Å². The van der Waals surface area contributed by atoms with Crippen molar-refractivity contribution in [3.63, 3.8) is 0 Å². The van der Waals surface area contributed by atoms with E-state index in [1.165, 1.54) is 16.9 Å². The number of thiophene rings is 1. The van der Waals surface area contributed by atoms with Crippen molar-refractivity contribution in [3.05, 3.63) is 38.8 Å². The Bertz CT molecular complexity index is 854. The summed E-state index contributed by atoms with van der Waals surface area (Å²) in [4.78, 5) is 27.8. The maximum atomic E-state index is 13.0. The number of nitrogens with zero attached hydrogens (tertiary/aromatic N) is 3. The number of rotatable bonds is 4. The van der Waals surface area contributed by atoms with Crippen LogP contribution in [0, 0.1) is 5.92 Å². The molecule has 2 aromatic heterocycles. The fourth-order valence-corrected chi connectivity index (χ4v) is 5.00. The number of aromatic nitrogens is 2. The number of amides is 1. The Hall–Kier alpha value is -2.15. The largest absolute Gasteiger partial charge is 0.481 e. The first kappa shape index (κ1) is 17.3. The average molecular weight is 373 g/mol. The van der Waals surface area contributed by atoms with Crippen molar-refractivity contribution in [1.29, 1.82) is 0 Å². The van der Waals surface area contributed by atoms with E-state index < -0.39 is 5.97 Å². The summed E-state index contributed by atoms with van der Waals surface area (Å²) in [5.74, 6) is -0.00559. The van der Waals surface area contributed by atoms with Crippen molar-refractivity contribution in [2.45, 2.75) is 52.1 Å².